The summed E-state index contributed by atoms with van der Waals surface area (Å²) < 4.78 is 0. The summed E-state index contributed by atoms with van der Waals surface area (Å²) in [7, 11) is 0. The maximum absolute atomic E-state index is 11.5. The lowest BCUT2D eigenvalue weighted by molar-refractivity contribution is 0.108. The third-order valence-corrected chi connectivity index (χ3v) is 6.84. The lowest BCUT2D eigenvalue weighted by Gasteiger charge is -2.27. The molecule has 0 aliphatic heterocycles. The van der Waals surface area contributed by atoms with Gasteiger partial charge in [-0.15, -0.1) is 12.4 Å². The third kappa shape index (κ3) is 7.57. The standard InChI is InChI=1S/C28H36Cl2N2O.ClH/c1-18(2)12-14-32(15-13-19(3)4)17-27(33)24-16-26(21-6-8-22(29)9-7-21)31-28-20(5)25(30)11-10-23(24)28;/h6-11,16,18-19,27,33H,12-15,17H2,1-5H3;1H. The van der Waals surface area contributed by atoms with Crippen molar-refractivity contribution in [1.29, 1.82) is 0 Å². The number of rotatable bonds is 10. The van der Waals surface area contributed by atoms with Crippen LogP contribution < -0.4 is 0 Å². The number of aliphatic hydroxyl groups is 1. The van der Waals surface area contributed by atoms with Crippen molar-refractivity contribution in [2.75, 3.05) is 19.6 Å². The molecule has 34 heavy (non-hydrogen) atoms. The van der Waals surface area contributed by atoms with Crippen LogP contribution in [0.4, 0.5) is 0 Å². The van der Waals surface area contributed by atoms with Gasteiger partial charge in [0, 0.05) is 27.5 Å². The molecule has 3 nitrogen and oxygen atoms in total. The highest BCUT2D eigenvalue weighted by Crippen LogP contribution is 2.33. The van der Waals surface area contributed by atoms with Crippen LogP contribution in [0.15, 0.2) is 42.5 Å². The van der Waals surface area contributed by atoms with Gasteiger partial charge in [0.25, 0.3) is 0 Å². The normalized spacial score (nSPS) is 12.6. The molecule has 3 aromatic rings. The van der Waals surface area contributed by atoms with Crippen molar-refractivity contribution in [3.8, 4) is 11.3 Å². The summed E-state index contributed by atoms with van der Waals surface area (Å²) >= 11 is 12.5. The van der Waals surface area contributed by atoms with E-state index in [1.807, 2.05) is 49.4 Å². The molecule has 6 heteroatoms. The molecule has 2 aromatic carbocycles. The van der Waals surface area contributed by atoms with Crippen molar-refractivity contribution in [1.82, 2.24) is 9.88 Å². The maximum Gasteiger partial charge on any atom is 0.0924 e. The van der Waals surface area contributed by atoms with Crippen molar-refractivity contribution in [2.45, 2.75) is 53.6 Å². The van der Waals surface area contributed by atoms with Gasteiger partial charge in [-0.3, -0.25) is 0 Å². The van der Waals surface area contributed by atoms with Crippen molar-refractivity contribution < 1.29 is 5.11 Å². The lowest BCUT2D eigenvalue weighted by atomic mass is 9.97. The summed E-state index contributed by atoms with van der Waals surface area (Å²) in [5.41, 5.74) is 4.43. The van der Waals surface area contributed by atoms with Gasteiger partial charge in [0.2, 0.25) is 0 Å². The van der Waals surface area contributed by atoms with E-state index in [1.165, 1.54) is 0 Å². The second-order valence-electron chi connectivity index (χ2n) is 9.85. The van der Waals surface area contributed by atoms with E-state index < -0.39 is 6.10 Å². The molecule has 0 saturated carbocycles. The molecule has 0 fully saturated rings. The number of fused-ring (bicyclic) bond motifs is 1. The smallest absolute Gasteiger partial charge is 0.0924 e. The van der Waals surface area contributed by atoms with Crippen LogP contribution in [0.3, 0.4) is 0 Å². The van der Waals surface area contributed by atoms with Crippen LogP contribution in [0.25, 0.3) is 22.2 Å². The van der Waals surface area contributed by atoms with E-state index in [1.54, 1.807) is 0 Å². The summed E-state index contributed by atoms with van der Waals surface area (Å²) in [5.74, 6) is 1.26. The van der Waals surface area contributed by atoms with Crippen molar-refractivity contribution >= 4 is 46.5 Å². The fourth-order valence-electron chi connectivity index (χ4n) is 3.99. The van der Waals surface area contributed by atoms with Crippen molar-refractivity contribution in [3.63, 3.8) is 0 Å². The molecule has 1 unspecified atom stereocenters. The Bertz CT molecular complexity index is 1060. The fourth-order valence-corrected chi connectivity index (χ4v) is 4.27. The molecule has 0 aliphatic carbocycles. The van der Waals surface area contributed by atoms with Gasteiger partial charge < -0.3 is 10.0 Å². The molecule has 1 aromatic heterocycles. The average molecular weight is 524 g/mol. The highest BCUT2D eigenvalue weighted by molar-refractivity contribution is 6.32. The molecule has 1 N–H and O–H groups in total. The number of aliphatic hydroxyl groups excluding tert-OH is 1. The van der Waals surface area contributed by atoms with Crippen molar-refractivity contribution in [3.05, 3.63) is 63.6 Å². The molecule has 186 valence electrons. The van der Waals surface area contributed by atoms with E-state index in [-0.39, 0.29) is 12.4 Å². The number of hydrogen-bond donors (Lipinski definition) is 1. The number of pyridine rings is 1. The number of aromatic nitrogens is 1. The fraction of sp³-hybridized carbons (Fsp3) is 0.464. The first-order valence-electron chi connectivity index (χ1n) is 11.9. The molecule has 1 atom stereocenters. The van der Waals surface area contributed by atoms with E-state index in [9.17, 15) is 5.11 Å². The molecule has 0 saturated heterocycles. The zero-order valence-electron chi connectivity index (χ0n) is 20.8. The van der Waals surface area contributed by atoms with Crippen LogP contribution >= 0.6 is 35.6 Å². The van der Waals surface area contributed by atoms with Gasteiger partial charge in [-0.1, -0.05) is 69.1 Å². The molecule has 0 bridgehead atoms. The summed E-state index contributed by atoms with van der Waals surface area (Å²) in [4.78, 5) is 7.33. The topological polar surface area (TPSA) is 36.4 Å². The predicted molar refractivity (Wildman–Crippen MR) is 149 cm³/mol. The molecular formula is C28H37Cl3N2O. The van der Waals surface area contributed by atoms with Gasteiger partial charge in [-0.2, -0.15) is 0 Å². The number of aryl methyl sites for hydroxylation is 1. The van der Waals surface area contributed by atoms with Crippen molar-refractivity contribution in [2.24, 2.45) is 11.8 Å². The molecule has 3 rings (SSSR count). The number of benzene rings is 2. The minimum atomic E-state index is -0.624. The predicted octanol–water partition coefficient (Wildman–Crippen LogP) is 8.37. The minimum Gasteiger partial charge on any atom is -0.387 e. The lowest BCUT2D eigenvalue weighted by Crippen LogP contribution is -2.32. The van der Waals surface area contributed by atoms with Gasteiger partial charge in [0.15, 0.2) is 0 Å². The van der Waals surface area contributed by atoms with Gasteiger partial charge in [0.05, 0.1) is 17.3 Å². The van der Waals surface area contributed by atoms with Crippen LogP contribution in [0.1, 0.15) is 57.8 Å². The summed E-state index contributed by atoms with van der Waals surface area (Å²) in [6.07, 6.45) is 1.61. The Morgan fingerprint density at radius 2 is 1.50 bits per heavy atom. The number of halogens is 3. The molecule has 0 aliphatic rings. The van der Waals surface area contributed by atoms with Gasteiger partial charge in [-0.25, -0.2) is 4.98 Å². The number of hydrogen-bond acceptors (Lipinski definition) is 3. The summed E-state index contributed by atoms with van der Waals surface area (Å²) in [6.45, 7) is 13.5. The molecular weight excluding hydrogens is 487 g/mol. The molecule has 0 amide bonds. The Labute approximate surface area is 220 Å². The van der Waals surface area contributed by atoms with E-state index in [4.69, 9.17) is 28.2 Å². The Kier molecular flexibility index (Phi) is 11.1. The van der Waals surface area contributed by atoms with Crippen LogP contribution in [-0.4, -0.2) is 34.6 Å². The first-order valence-corrected chi connectivity index (χ1v) is 12.7. The highest BCUT2D eigenvalue weighted by Gasteiger charge is 2.20. The van der Waals surface area contributed by atoms with E-state index in [0.29, 0.717) is 28.4 Å². The molecule has 0 spiro atoms. The van der Waals surface area contributed by atoms with Crippen LogP contribution in [0, 0.1) is 18.8 Å². The van der Waals surface area contributed by atoms with Crippen LogP contribution in [-0.2, 0) is 0 Å². The summed E-state index contributed by atoms with van der Waals surface area (Å²) in [6, 6.07) is 13.6. The Hall–Kier alpha value is -1.36. The third-order valence-electron chi connectivity index (χ3n) is 6.18. The highest BCUT2D eigenvalue weighted by atomic mass is 35.5. The number of nitrogens with zero attached hydrogens (tertiary/aromatic N) is 2. The van der Waals surface area contributed by atoms with Gasteiger partial charge in [0.1, 0.15) is 0 Å². The van der Waals surface area contributed by atoms with E-state index in [2.05, 4.69) is 32.6 Å². The monoisotopic (exact) mass is 522 g/mol. The molecule has 0 radical (unpaired) electrons. The first kappa shape index (κ1) is 28.9. The van der Waals surface area contributed by atoms with Crippen LogP contribution in [0.5, 0.6) is 0 Å². The minimum absolute atomic E-state index is 0. The van der Waals surface area contributed by atoms with Gasteiger partial charge >= 0.3 is 0 Å². The second kappa shape index (κ2) is 13.1. The maximum atomic E-state index is 11.5. The van der Waals surface area contributed by atoms with Crippen LogP contribution in [0.2, 0.25) is 10.0 Å². The molecule has 1 heterocycles. The zero-order valence-corrected chi connectivity index (χ0v) is 23.1. The largest absolute Gasteiger partial charge is 0.387 e. The van der Waals surface area contributed by atoms with E-state index in [0.717, 1.165) is 59.2 Å². The average Bonchev–Trinajstić information content (AvgIpc) is 2.77. The Morgan fingerprint density at radius 1 is 0.912 bits per heavy atom. The zero-order chi connectivity index (χ0) is 24.1. The Balaban J connectivity index is 0.00000408. The second-order valence-corrected chi connectivity index (χ2v) is 10.7. The first-order chi connectivity index (χ1) is 15.7. The summed E-state index contributed by atoms with van der Waals surface area (Å²) in [5, 5.41) is 13.8. The van der Waals surface area contributed by atoms with E-state index >= 15 is 0 Å². The SMILES string of the molecule is Cc1c(Cl)ccc2c(C(O)CN(CCC(C)C)CCC(C)C)cc(-c3ccc(Cl)cc3)nc12.Cl. The Morgan fingerprint density at radius 3 is 2.06 bits per heavy atom. The van der Waals surface area contributed by atoms with Gasteiger partial charge in [-0.05, 0) is 80.1 Å². The quantitative estimate of drug-likeness (QED) is 0.290.